The van der Waals surface area contributed by atoms with E-state index in [4.69, 9.17) is 4.74 Å². The van der Waals surface area contributed by atoms with Gasteiger partial charge in [0.15, 0.2) is 0 Å². The van der Waals surface area contributed by atoms with Crippen LogP contribution in [0.15, 0.2) is 42.5 Å². The molecular formula is C30H44N2O5. The van der Waals surface area contributed by atoms with E-state index in [9.17, 15) is 19.5 Å². The van der Waals surface area contributed by atoms with Crippen molar-refractivity contribution in [3.8, 4) is 0 Å². The lowest BCUT2D eigenvalue weighted by atomic mass is 9.70. The largest absolute Gasteiger partial charge is 0.466 e. The highest BCUT2D eigenvalue weighted by molar-refractivity contribution is 5.96. The highest BCUT2D eigenvalue weighted by Crippen LogP contribution is 2.45. The van der Waals surface area contributed by atoms with Gasteiger partial charge in [-0.25, -0.2) is 0 Å². The molecule has 7 nitrogen and oxygen atoms in total. The van der Waals surface area contributed by atoms with E-state index in [1.54, 1.807) is 11.8 Å². The van der Waals surface area contributed by atoms with Crippen molar-refractivity contribution in [2.24, 2.45) is 29.1 Å². The van der Waals surface area contributed by atoms with E-state index < -0.39 is 41.3 Å². The molecule has 0 bridgehead atoms. The lowest BCUT2D eigenvalue weighted by molar-refractivity contribution is -0.155. The van der Waals surface area contributed by atoms with Crippen LogP contribution in [0.4, 0.5) is 0 Å². The van der Waals surface area contributed by atoms with Crippen LogP contribution in [0.3, 0.4) is 0 Å². The Kier molecular flexibility index (Phi) is 8.89. The van der Waals surface area contributed by atoms with Gasteiger partial charge in [0.2, 0.25) is 11.8 Å². The quantitative estimate of drug-likeness (QED) is 0.388. The third-order valence-electron chi connectivity index (χ3n) is 7.39. The predicted octanol–water partition coefficient (Wildman–Crippen LogP) is 3.75. The van der Waals surface area contributed by atoms with E-state index in [0.29, 0.717) is 6.42 Å². The Balaban J connectivity index is 2.03. The number of carbonyl (C=O) groups excluding carboxylic acids is 3. The first-order valence-corrected chi connectivity index (χ1v) is 13.4. The van der Waals surface area contributed by atoms with E-state index in [0.717, 1.165) is 12.0 Å². The summed E-state index contributed by atoms with van der Waals surface area (Å²) in [7, 11) is 0. The van der Waals surface area contributed by atoms with Crippen LogP contribution in [-0.4, -0.2) is 58.6 Å². The Morgan fingerprint density at radius 2 is 1.76 bits per heavy atom. The van der Waals surface area contributed by atoms with Crippen LogP contribution in [0.2, 0.25) is 0 Å². The summed E-state index contributed by atoms with van der Waals surface area (Å²) >= 11 is 0. The first kappa shape index (κ1) is 28.9. The topological polar surface area (TPSA) is 95.9 Å². The summed E-state index contributed by atoms with van der Waals surface area (Å²) in [6.45, 7) is 13.9. The number of amides is 2. The molecule has 0 radical (unpaired) electrons. The molecule has 1 aliphatic carbocycles. The van der Waals surface area contributed by atoms with Gasteiger partial charge in [0.05, 0.1) is 31.1 Å². The smallest absolute Gasteiger partial charge is 0.310 e. The molecule has 1 aromatic carbocycles. The number of nitrogens with zero attached hydrogens (tertiary/aromatic N) is 1. The number of hydrogen-bond acceptors (Lipinski definition) is 5. The minimum Gasteiger partial charge on any atom is -0.466 e. The second-order valence-electron chi connectivity index (χ2n) is 12.5. The second-order valence-corrected chi connectivity index (χ2v) is 12.5. The molecule has 7 heteroatoms. The van der Waals surface area contributed by atoms with Crippen LogP contribution in [0.25, 0.3) is 0 Å². The molecule has 0 saturated carbocycles. The number of ether oxygens (including phenoxy) is 1. The Hall–Kier alpha value is -2.67. The summed E-state index contributed by atoms with van der Waals surface area (Å²) < 4.78 is 5.36. The van der Waals surface area contributed by atoms with Crippen molar-refractivity contribution < 1.29 is 24.2 Å². The van der Waals surface area contributed by atoms with E-state index in [2.05, 4.69) is 26.1 Å². The molecule has 0 aromatic heterocycles. The predicted molar refractivity (Wildman–Crippen MR) is 143 cm³/mol. The van der Waals surface area contributed by atoms with Crippen LogP contribution in [0, 0.1) is 29.1 Å². The number of benzene rings is 1. The highest BCUT2D eigenvalue weighted by atomic mass is 16.5. The maximum Gasteiger partial charge on any atom is 0.310 e. The summed E-state index contributed by atoms with van der Waals surface area (Å²) in [6.07, 6.45) is 4.99. The van der Waals surface area contributed by atoms with Crippen molar-refractivity contribution in [3.05, 3.63) is 48.0 Å². The lowest BCUT2D eigenvalue weighted by Crippen LogP contribution is -2.57. The molecule has 1 fully saturated rings. The number of rotatable bonds is 9. The fourth-order valence-corrected chi connectivity index (χ4v) is 6.45. The van der Waals surface area contributed by atoms with Crippen LogP contribution in [0.1, 0.15) is 60.5 Å². The van der Waals surface area contributed by atoms with Crippen LogP contribution >= 0.6 is 0 Å². The number of carbonyl (C=O) groups is 3. The maximum atomic E-state index is 14.1. The SMILES string of the molecule is CCOC(=O)[C@H]1[C@@H]2C(=O)N([C@@H](CO)Cc3ccccc3)[C@H](C(=O)NC(C)(C)CC(C)(C)C)[C@H]2C=C[C@H]1C. The Bertz CT molecular complexity index is 997. The van der Waals surface area contributed by atoms with Crippen LogP contribution in [-0.2, 0) is 25.5 Å². The summed E-state index contributed by atoms with van der Waals surface area (Å²) in [5, 5.41) is 13.7. The van der Waals surface area contributed by atoms with Crippen molar-refractivity contribution in [2.75, 3.05) is 13.2 Å². The molecule has 2 amide bonds. The zero-order chi connectivity index (χ0) is 27.5. The molecule has 1 aliphatic heterocycles. The van der Waals surface area contributed by atoms with Crippen molar-refractivity contribution in [1.29, 1.82) is 0 Å². The van der Waals surface area contributed by atoms with E-state index >= 15 is 0 Å². The lowest BCUT2D eigenvalue weighted by Gasteiger charge is -2.38. The average molecular weight is 513 g/mol. The monoisotopic (exact) mass is 512 g/mol. The third-order valence-corrected chi connectivity index (χ3v) is 7.39. The average Bonchev–Trinajstić information content (AvgIpc) is 3.08. The molecular weight excluding hydrogens is 468 g/mol. The molecule has 6 atom stereocenters. The molecule has 3 rings (SSSR count). The van der Waals surface area contributed by atoms with E-state index in [1.165, 1.54) is 0 Å². The molecule has 1 aromatic rings. The summed E-state index contributed by atoms with van der Waals surface area (Å²) in [4.78, 5) is 42.6. The standard InChI is InChI=1S/C30H44N2O5/c1-8-37-28(36)23-19(2)14-15-22-24(23)27(35)32(21(17-33)16-20-12-10-9-11-13-20)25(22)26(34)31-30(6,7)18-29(3,4)5/h9-15,19,21-25,33H,8,16-18H2,1-7H3,(H,31,34)/t19-,21-,22+,23-,24-,25+/m1/s1. The van der Waals surface area contributed by atoms with Gasteiger partial charge in [-0.2, -0.15) is 0 Å². The first-order valence-electron chi connectivity index (χ1n) is 13.4. The Morgan fingerprint density at radius 1 is 1.11 bits per heavy atom. The number of aliphatic hydroxyl groups is 1. The van der Waals surface area contributed by atoms with Gasteiger partial charge in [-0.15, -0.1) is 0 Å². The van der Waals surface area contributed by atoms with Crippen molar-refractivity contribution in [1.82, 2.24) is 10.2 Å². The fourth-order valence-electron chi connectivity index (χ4n) is 6.45. The zero-order valence-electron chi connectivity index (χ0n) is 23.4. The van der Waals surface area contributed by atoms with Crippen LogP contribution < -0.4 is 5.32 Å². The second kappa shape index (κ2) is 11.4. The molecule has 1 heterocycles. The van der Waals surface area contributed by atoms with Gasteiger partial charge in [-0.1, -0.05) is 70.2 Å². The van der Waals surface area contributed by atoms with Crippen molar-refractivity contribution in [2.45, 2.75) is 78.9 Å². The van der Waals surface area contributed by atoms with Gasteiger partial charge in [0, 0.05) is 11.5 Å². The van der Waals surface area contributed by atoms with Gasteiger partial charge in [0.1, 0.15) is 6.04 Å². The molecule has 0 unspecified atom stereocenters. The molecule has 1 saturated heterocycles. The molecule has 2 aliphatic rings. The maximum absolute atomic E-state index is 14.1. The number of esters is 1. The summed E-state index contributed by atoms with van der Waals surface area (Å²) in [5.41, 5.74) is 0.436. The number of nitrogens with one attached hydrogen (secondary N) is 1. The number of hydrogen-bond donors (Lipinski definition) is 2. The fraction of sp³-hybridized carbons (Fsp3) is 0.633. The highest BCUT2D eigenvalue weighted by Gasteiger charge is 2.58. The minimum absolute atomic E-state index is 0.0133. The van der Waals surface area contributed by atoms with Crippen molar-refractivity contribution >= 4 is 17.8 Å². The number of fused-ring (bicyclic) bond motifs is 1. The summed E-state index contributed by atoms with van der Waals surface area (Å²) in [6, 6.07) is 8.19. The Morgan fingerprint density at radius 3 is 2.32 bits per heavy atom. The molecule has 37 heavy (non-hydrogen) atoms. The third kappa shape index (κ3) is 6.61. The minimum atomic E-state index is -0.835. The number of likely N-dealkylation sites (tertiary alicyclic amines) is 1. The van der Waals surface area contributed by atoms with Gasteiger partial charge in [-0.05, 0) is 50.5 Å². The number of aliphatic hydroxyl groups excluding tert-OH is 1. The first-order chi connectivity index (χ1) is 17.3. The van der Waals surface area contributed by atoms with E-state index in [-0.39, 0.29) is 36.4 Å². The normalized spacial score (nSPS) is 26.5. The zero-order valence-corrected chi connectivity index (χ0v) is 23.4. The van der Waals surface area contributed by atoms with Crippen molar-refractivity contribution in [3.63, 3.8) is 0 Å². The number of allylic oxidation sites excluding steroid dienone is 1. The van der Waals surface area contributed by atoms with Gasteiger partial charge >= 0.3 is 5.97 Å². The van der Waals surface area contributed by atoms with E-state index in [1.807, 2.05) is 63.3 Å². The van der Waals surface area contributed by atoms with Gasteiger partial charge in [-0.3, -0.25) is 14.4 Å². The summed E-state index contributed by atoms with van der Waals surface area (Å²) in [5.74, 6) is -3.04. The molecule has 2 N–H and O–H groups in total. The molecule has 0 spiro atoms. The Labute approximate surface area is 221 Å². The molecule has 204 valence electrons. The van der Waals surface area contributed by atoms with Gasteiger partial charge < -0.3 is 20.1 Å². The van der Waals surface area contributed by atoms with Crippen LogP contribution in [0.5, 0.6) is 0 Å². The van der Waals surface area contributed by atoms with Gasteiger partial charge in [0.25, 0.3) is 0 Å².